The van der Waals surface area contributed by atoms with E-state index >= 15 is 0 Å². The first-order valence-corrected chi connectivity index (χ1v) is 9.48. The van der Waals surface area contributed by atoms with E-state index in [1.807, 2.05) is 12.5 Å². The van der Waals surface area contributed by atoms with Gasteiger partial charge in [0.05, 0.1) is 0 Å². The van der Waals surface area contributed by atoms with Crippen molar-refractivity contribution in [2.24, 2.45) is 0 Å². The fraction of sp³-hybridized carbons (Fsp3) is 0.118. The zero-order chi connectivity index (χ0) is 13.4. The summed E-state index contributed by atoms with van der Waals surface area (Å²) < 4.78 is 4.48. The molecular weight excluding hydrogens is 394 g/mol. The van der Waals surface area contributed by atoms with Crippen molar-refractivity contribution >= 4 is 11.8 Å². The molecule has 5 heteroatoms. The van der Waals surface area contributed by atoms with Crippen molar-refractivity contribution in [3.05, 3.63) is 75.6 Å². The van der Waals surface area contributed by atoms with Gasteiger partial charge in [-0.15, -0.1) is 0 Å². The molecule has 0 radical (unpaired) electrons. The SMILES string of the molecule is C1=CC[C]([Zr+2][CH]2C(n3ccnc3)=Cc3ccccc32)=C1.[Cl-].[Cl-]. The Morgan fingerprint density at radius 3 is 2.77 bits per heavy atom. The second-order valence-corrected chi connectivity index (χ2v) is 8.78. The number of benzene rings is 1. The van der Waals surface area contributed by atoms with Gasteiger partial charge in [0, 0.05) is 0 Å². The number of rotatable bonds is 3. The second-order valence-electron chi connectivity index (χ2n) is 5.07. The van der Waals surface area contributed by atoms with Crippen LogP contribution >= 0.6 is 0 Å². The minimum Gasteiger partial charge on any atom is -1.00 e. The van der Waals surface area contributed by atoms with Crippen LogP contribution < -0.4 is 24.8 Å². The molecule has 1 aromatic carbocycles. The zero-order valence-corrected chi connectivity index (χ0v) is 15.8. The number of allylic oxidation sites excluding steroid dienone is 5. The third kappa shape index (κ3) is 3.22. The van der Waals surface area contributed by atoms with Crippen molar-refractivity contribution in [1.29, 1.82) is 0 Å². The van der Waals surface area contributed by atoms with E-state index in [2.05, 4.69) is 64.3 Å². The van der Waals surface area contributed by atoms with Gasteiger partial charge in [0.2, 0.25) is 0 Å². The number of aromatic nitrogens is 2. The summed E-state index contributed by atoms with van der Waals surface area (Å²) in [5.74, 6) is 0. The van der Waals surface area contributed by atoms with Crippen LogP contribution in [0.4, 0.5) is 0 Å². The fourth-order valence-electron chi connectivity index (χ4n) is 2.83. The number of fused-ring (bicyclic) bond motifs is 1. The smallest absolute Gasteiger partial charge is 1.00 e. The molecule has 0 spiro atoms. The summed E-state index contributed by atoms with van der Waals surface area (Å²) in [5.41, 5.74) is 4.30. The number of imidazole rings is 1. The van der Waals surface area contributed by atoms with Crippen molar-refractivity contribution in [1.82, 2.24) is 9.55 Å². The van der Waals surface area contributed by atoms with E-state index in [0.717, 1.165) is 0 Å². The van der Waals surface area contributed by atoms with E-state index in [0.29, 0.717) is 3.63 Å². The first kappa shape index (κ1) is 17.5. The minimum atomic E-state index is -0.651. The average Bonchev–Trinajstić information content (AvgIpc) is 3.19. The first-order chi connectivity index (χ1) is 9.92. The van der Waals surface area contributed by atoms with E-state index < -0.39 is 23.2 Å². The predicted octanol–water partition coefficient (Wildman–Crippen LogP) is -2.13. The third-order valence-electron chi connectivity index (χ3n) is 3.81. The quantitative estimate of drug-likeness (QED) is 0.568. The molecule has 0 amide bonds. The molecule has 0 saturated heterocycles. The van der Waals surface area contributed by atoms with Crippen LogP contribution in [0.1, 0.15) is 21.2 Å². The molecule has 0 fully saturated rings. The van der Waals surface area contributed by atoms with E-state index in [1.54, 1.807) is 3.28 Å². The maximum absolute atomic E-state index is 4.21. The normalized spacial score (nSPS) is 17.7. The van der Waals surface area contributed by atoms with Gasteiger partial charge in [-0.3, -0.25) is 0 Å². The summed E-state index contributed by atoms with van der Waals surface area (Å²) in [6.07, 6.45) is 16.2. The van der Waals surface area contributed by atoms with Crippen LogP contribution in [0, 0.1) is 0 Å². The molecule has 2 nitrogen and oxygen atoms in total. The molecule has 4 rings (SSSR count). The van der Waals surface area contributed by atoms with Crippen LogP contribution in [0.25, 0.3) is 11.8 Å². The second kappa shape index (κ2) is 7.59. The van der Waals surface area contributed by atoms with Gasteiger partial charge >= 0.3 is 130 Å². The van der Waals surface area contributed by atoms with E-state index in [4.69, 9.17) is 0 Å². The van der Waals surface area contributed by atoms with E-state index in [9.17, 15) is 0 Å². The number of halogens is 2. The number of nitrogens with zero attached hydrogens (tertiary/aromatic N) is 2. The predicted molar refractivity (Wildman–Crippen MR) is 77.4 cm³/mol. The fourth-order valence-corrected chi connectivity index (χ4v) is 6.76. The van der Waals surface area contributed by atoms with Crippen molar-refractivity contribution in [2.45, 2.75) is 10.0 Å². The maximum Gasteiger partial charge on any atom is -1.00 e. The molecule has 0 N–H and O–H groups in total. The molecule has 1 unspecified atom stereocenters. The average molecular weight is 408 g/mol. The van der Waals surface area contributed by atoms with Crippen LogP contribution in [0.15, 0.2) is 64.5 Å². The largest absolute Gasteiger partial charge is 1.00 e. The van der Waals surface area contributed by atoms with Crippen LogP contribution in [-0.4, -0.2) is 9.55 Å². The zero-order valence-electron chi connectivity index (χ0n) is 11.8. The summed E-state index contributed by atoms with van der Waals surface area (Å²) in [4.78, 5) is 4.21. The maximum atomic E-state index is 4.21. The molecule has 0 aliphatic heterocycles. The van der Waals surface area contributed by atoms with Crippen molar-refractivity contribution in [3.63, 3.8) is 0 Å². The molecule has 1 atom stereocenters. The molecular formula is C17H14Cl2N2Zr. The van der Waals surface area contributed by atoms with Gasteiger partial charge in [0.1, 0.15) is 0 Å². The Balaban J connectivity index is 0.000000882. The number of hydrogen-bond donors (Lipinski definition) is 0. The van der Waals surface area contributed by atoms with Crippen molar-refractivity contribution < 1.29 is 48.0 Å². The first-order valence-electron chi connectivity index (χ1n) is 6.83. The Morgan fingerprint density at radius 2 is 2.05 bits per heavy atom. The minimum absolute atomic E-state index is 0. The van der Waals surface area contributed by atoms with Gasteiger partial charge < -0.3 is 24.8 Å². The van der Waals surface area contributed by atoms with Crippen molar-refractivity contribution in [2.75, 3.05) is 0 Å². The van der Waals surface area contributed by atoms with Gasteiger partial charge in [0.25, 0.3) is 0 Å². The molecule has 2 aliphatic carbocycles. The molecule has 2 aromatic rings. The molecule has 2 aliphatic rings. The Kier molecular flexibility index (Phi) is 6.03. The summed E-state index contributed by atoms with van der Waals surface area (Å²) in [5, 5.41) is 0. The Labute approximate surface area is 154 Å². The monoisotopic (exact) mass is 406 g/mol. The van der Waals surface area contributed by atoms with E-state index in [1.165, 1.54) is 23.2 Å². The summed E-state index contributed by atoms with van der Waals surface area (Å²) in [6.45, 7) is 0. The van der Waals surface area contributed by atoms with Crippen molar-refractivity contribution in [3.8, 4) is 0 Å². The summed E-state index contributed by atoms with van der Waals surface area (Å²) >= 11 is -0.651. The van der Waals surface area contributed by atoms with Gasteiger partial charge in [-0.2, -0.15) is 0 Å². The Morgan fingerprint density at radius 1 is 1.18 bits per heavy atom. The van der Waals surface area contributed by atoms with E-state index in [-0.39, 0.29) is 24.8 Å². The molecule has 22 heavy (non-hydrogen) atoms. The third-order valence-corrected chi connectivity index (χ3v) is 7.83. The molecule has 1 aromatic heterocycles. The van der Waals surface area contributed by atoms with Crippen LogP contribution in [0.2, 0.25) is 0 Å². The molecule has 0 saturated carbocycles. The van der Waals surface area contributed by atoms with Gasteiger partial charge in [-0.25, -0.2) is 0 Å². The topological polar surface area (TPSA) is 17.8 Å². The Bertz CT molecular complexity index is 733. The summed E-state index contributed by atoms with van der Waals surface area (Å²) in [6, 6.07) is 8.82. The number of hydrogen-bond acceptors (Lipinski definition) is 1. The molecule has 110 valence electrons. The molecule has 1 heterocycles. The van der Waals surface area contributed by atoms with Gasteiger partial charge in [0.15, 0.2) is 0 Å². The van der Waals surface area contributed by atoms with Gasteiger partial charge in [-0.05, 0) is 0 Å². The van der Waals surface area contributed by atoms with Crippen LogP contribution in [0.5, 0.6) is 0 Å². The standard InChI is InChI=1S/C12H9N2.C5H5.2ClH.Zr/c1-2-4-11-8-12(7-10(11)3-1)14-6-5-13-9-14;1-2-4-5-3-1;;;/h1-9H;1-3H,4H2;2*1H;/q;;;;+2/p-2. The van der Waals surface area contributed by atoms with Gasteiger partial charge in [-0.1, -0.05) is 0 Å². The molecule has 0 bridgehead atoms. The van der Waals surface area contributed by atoms with Crippen LogP contribution in [-0.2, 0) is 23.2 Å². The summed E-state index contributed by atoms with van der Waals surface area (Å²) in [7, 11) is 0. The Hall–Kier alpha value is -0.887. The van der Waals surface area contributed by atoms with Crippen LogP contribution in [0.3, 0.4) is 0 Å².